The van der Waals surface area contributed by atoms with E-state index in [9.17, 15) is 0 Å². The Balaban J connectivity index is -0.000000137. The molecule has 0 aliphatic heterocycles. The number of rotatable bonds is 29. The summed E-state index contributed by atoms with van der Waals surface area (Å²) < 4.78 is 0. The van der Waals surface area contributed by atoms with E-state index in [2.05, 4.69) is 105 Å². The first-order valence-corrected chi connectivity index (χ1v) is 25.4. The van der Waals surface area contributed by atoms with Gasteiger partial charge in [-0.15, -0.1) is 0 Å². The Morgan fingerprint density at radius 2 is 0.750 bits per heavy atom. The zero-order chi connectivity index (χ0) is 56.2. The van der Waals surface area contributed by atoms with Crippen molar-refractivity contribution in [2.75, 3.05) is 39.3 Å². The molecule has 0 saturated heterocycles. The summed E-state index contributed by atoms with van der Waals surface area (Å²) in [5.41, 5.74) is 0. The van der Waals surface area contributed by atoms with Gasteiger partial charge in [-0.3, -0.25) is 4.85 Å². The molecule has 0 aromatic rings. The van der Waals surface area contributed by atoms with Crippen molar-refractivity contribution in [1.29, 1.82) is 42.1 Å². The van der Waals surface area contributed by atoms with E-state index < -0.39 is 6.04 Å². The van der Waals surface area contributed by atoms with Crippen LogP contribution in [0.4, 0.5) is 0 Å². The van der Waals surface area contributed by atoms with Gasteiger partial charge < -0.3 is 29.1 Å². The molecular weight excluding hydrogens is 895 g/mol. The second-order valence-electron chi connectivity index (χ2n) is 16.3. The summed E-state index contributed by atoms with van der Waals surface area (Å²) in [6.07, 6.45) is 21.0. The van der Waals surface area contributed by atoms with Crippen molar-refractivity contribution < 1.29 is 0 Å². The van der Waals surface area contributed by atoms with Crippen LogP contribution in [0.3, 0.4) is 0 Å². The number of unbranched alkanes of at least 4 members (excludes halogenated alkanes) is 5. The molecule has 0 aromatic heterocycles. The van der Waals surface area contributed by atoms with Crippen LogP contribution in [0.2, 0.25) is 0 Å². The number of nitrogens with zero attached hydrogens (tertiary/aromatic N) is 15. The van der Waals surface area contributed by atoms with Crippen molar-refractivity contribution in [2.24, 2.45) is 35.5 Å². The van der Waals surface area contributed by atoms with E-state index in [-0.39, 0.29) is 29.6 Å². The highest BCUT2D eigenvalue weighted by Gasteiger charge is 2.11. The van der Waals surface area contributed by atoms with Crippen LogP contribution in [0.25, 0.3) is 33.9 Å². The summed E-state index contributed by atoms with van der Waals surface area (Å²) in [4.78, 5) is 22.3. The predicted molar refractivity (Wildman–Crippen MR) is 285 cm³/mol. The van der Waals surface area contributed by atoms with E-state index in [1.165, 1.54) is 12.8 Å². The van der Waals surface area contributed by atoms with Gasteiger partial charge in [-0.05, 0) is 50.9 Å². The Labute approximate surface area is 439 Å². The maximum Gasteiger partial charge on any atom is 0.307 e. The van der Waals surface area contributed by atoms with Crippen LogP contribution in [-0.2, 0) is 0 Å². The van der Waals surface area contributed by atoms with Gasteiger partial charge in [-0.25, -0.2) is 46.0 Å². The van der Waals surface area contributed by atoms with Gasteiger partial charge in [0.1, 0.15) is 11.8 Å². The molecule has 72 heavy (non-hydrogen) atoms. The van der Waals surface area contributed by atoms with Gasteiger partial charge >= 0.3 is 6.04 Å². The molecular formula is C57H83N15. The van der Waals surface area contributed by atoms with Crippen LogP contribution in [-0.4, -0.2) is 45.3 Å². The molecule has 7 atom stereocenters. The van der Waals surface area contributed by atoms with Crippen molar-refractivity contribution in [3.05, 3.63) is 79.9 Å². The number of hydrogen-bond donors (Lipinski definition) is 0. The molecule has 0 aliphatic carbocycles. The van der Waals surface area contributed by atoms with Crippen molar-refractivity contribution in [1.82, 2.24) is 0 Å². The highest BCUT2D eigenvalue weighted by Crippen LogP contribution is 2.15. The fourth-order valence-electron chi connectivity index (χ4n) is 5.74. The lowest BCUT2D eigenvalue weighted by Crippen LogP contribution is -2.00. The average molecular weight is 978 g/mol. The van der Waals surface area contributed by atoms with Gasteiger partial charge in [0.25, 0.3) is 0 Å². The molecule has 15 nitrogen and oxygen atoms in total. The molecule has 0 spiro atoms. The van der Waals surface area contributed by atoms with E-state index in [4.69, 9.17) is 88.1 Å². The minimum Gasteiger partial charge on any atom is -0.317 e. The van der Waals surface area contributed by atoms with Crippen molar-refractivity contribution in [3.63, 3.8) is 0 Å². The van der Waals surface area contributed by atoms with Crippen molar-refractivity contribution in [2.45, 2.75) is 195 Å². The minimum absolute atomic E-state index is 0.0287. The summed E-state index contributed by atoms with van der Waals surface area (Å²) in [5.74, 6) is 0.720. The third-order valence-corrected chi connectivity index (χ3v) is 10.2. The zero-order valence-electron chi connectivity index (χ0n) is 44.8. The number of hydrogen-bond acceptors (Lipinski definition) is 8. The highest BCUT2D eigenvalue weighted by molar-refractivity contribution is 4.98. The summed E-state index contributed by atoms with van der Waals surface area (Å²) in [6, 6.07) is 16.3. The van der Waals surface area contributed by atoms with Gasteiger partial charge in [0, 0.05) is 44.9 Å². The summed E-state index contributed by atoms with van der Waals surface area (Å²) in [7, 11) is 0. The lowest BCUT2D eigenvalue weighted by molar-refractivity contribution is 0.470. The molecule has 0 aromatic carbocycles. The Morgan fingerprint density at radius 3 is 1.08 bits per heavy atom. The smallest absolute Gasteiger partial charge is 0.307 e. The molecule has 386 valence electrons. The highest BCUT2D eigenvalue weighted by atomic mass is 14.7. The molecule has 0 saturated carbocycles. The van der Waals surface area contributed by atoms with Crippen LogP contribution >= 0.6 is 0 Å². The average Bonchev–Trinajstić information content (AvgIpc) is 3.40. The topological polar surface area (TPSA) is 221 Å². The first-order chi connectivity index (χ1) is 34.9. The normalized spacial score (nSPS) is 11.4. The molecule has 15 heteroatoms. The molecule has 0 bridgehead atoms. The Hall–Kier alpha value is -7.65. The van der Waals surface area contributed by atoms with E-state index in [0.29, 0.717) is 70.9 Å². The van der Waals surface area contributed by atoms with E-state index in [1.807, 2.05) is 19.1 Å². The van der Waals surface area contributed by atoms with Crippen molar-refractivity contribution in [3.8, 4) is 48.6 Å². The molecule has 0 aliphatic rings. The summed E-state index contributed by atoms with van der Waals surface area (Å²) in [6.45, 7) is 61.1. The van der Waals surface area contributed by atoms with E-state index in [0.717, 1.165) is 109 Å². The molecule has 7 unspecified atom stereocenters. The Morgan fingerprint density at radius 1 is 0.347 bits per heavy atom. The minimum atomic E-state index is -0.548. The quantitative estimate of drug-likeness (QED) is 0.0517. The van der Waals surface area contributed by atoms with E-state index in [1.54, 1.807) is 0 Å². The lowest BCUT2D eigenvalue weighted by atomic mass is 9.97. The maximum absolute atomic E-state index is 8.63. The van der Waals surface area contributed by atoms with Gasteiger partial charge in [0.15, 0.2) is 6.07 Å². The Kier molecular flexibility index (Phi) is 81.7. The fraction of sp³-hybridized carbons (Fsp3) is 0.737. The molecule has 0 amide bonds. The van der Waals surface area contributed by atoms with Crippen LogP contribution in [0.1, 0.15) is 189 Å². The second-order valence-corrected chi connectivity index (χ2v) is 16.3. The fourth-order valence-corrected chi connectivity index (χ4v) is 5.74. The van der Waals surface area contributed by atoms with Gasteiger partial charge in [-0.2, -0.15) is 42.1 Å². The van der Waals surface area contributed by atoms with Crippen LogP contribution < -0.4 is 0 Å². The Bertz CT molecular complexity index is 1890. The monoisotopic (exact) mass is 978 g/mol. The third kappa shape index (κ3) is 71.4. The second kappa shape index (κ2) is 74.9. The maximum atomic E-state index is 8.63. The summed E-state index contributed by atoms with van der Waals surface area (Å²) >= 11 is 0. The largest absolute Gasteiger partial charge is 0.317 e. The zero-order valence-corrected chi connectivity index (χ0v) is 44.8. The standard InChI is InChI=1S/3C9H14N2.2C8H12N2.C7H7N3.C7H10N2/c1-3-4-9(5-7-10)6-8-11-2;1-3-4-5-9(8-10)6-7-11-2;1-3-4-5-6-9(7-10)8-11-2;1-3-4-8(7-9)5-6-10-2;1-3-4-5-8(6-9)7-10-2;1-10-7(6-9)4-2-3-5-8;1-3-7(6-8)4-5-9-2/h9H,3-6,8H2,1H3;9H,3-7H2,1H3;9H,3-6,8H2,1H3;8H,3-6H2,1H3;8H,3-5,7H2,1H3;7H,2-4H2;7H,3-5H2,1H3. The van der Waals surface area contributed by atoms with Gasteiger partial charge in [0.05, 0.1) is 60.2 Å². The SMILES string of the molecule is [C-]#[N+]C(C#N)CCCC#N.[C-]#[N+]CC(C#N)CCCC.[C-]#[N+]CC(C#N)CCCCC.[C-]#[N+]CCC(C#N)CC.[C-]#[N+]CCC(C#N)CCC.[C-]#[N+]CCC(C#N)CCCC.[C-]#[N+]CCC(CC#N)CCC. The molecule has 0 N–H and O–H groups in total. The molecule has 0 radical (unpaired) electrons. The van der Waals surface area contributed by atoms with E-state index >= 15 is 0 Å². The van der Waals surface area contributed by atoms with Crippen LogP contribution in [0.5, 0.6) is 0 Å². The first kappa shape index (κ1) is 78.5. The van der Waals surface area contributed by atoms with Crippen LogP contribution in [0.15, 0.2) is 0 Å². The number of nitriles is 8. The van der Waals surface area contributed by atoms with Gasteiger partial charge in [-0.1, -0.05) is 99.3 Å². The van der Waals surface area contributed by atoms with Gasteiger partial charge in [0.2, 0.25) is 39.3 Å². The van der Waals surface area contributed by atoms with Crippen LogP contribution in [0, 0.1) is 172 Å². The predicted octanol–water partition coefficient (Wildman–Crippen LogP) is 15.7. The summed E-state index contributed by atoms with van der Waals surface area (Å²) in [5, 5.41) is 67.4. The molecule has 0 rings (SSSR count). The molecule has 0 fully saturated rings. The van der Waals surface area contributed by atoms with Crippen molar-refractivity contribution >= 4 is 0 Å². The first-order valence-electron chi connectivity index (χ1n) is 25.4. The molecule has 0 heterocycles. The third-order valence-electron chi connectivity index (χ3n) is 10.2. The lowest BCUT2D eigenvalue weighted by Gasteiger charge is -2.06.